The lowest BCUT2D eigenvalue weighted by atomic mass is 9.92. The van der Waals surface area contributed by atoms with E-state index in [0.29, 0.717) is 0 Å². The zero-order valence-corrected chi connectivity index (χ0v) is 23.3. The summed E-state index contributed by atoms with van der Waals surface area (Å²) in [5.74, 6) is 0.905. The van der Waals surface area contributed by atoms with Gasteiger partial charge in [0.05, 0.1) is 0 Å². The van der Waals surface area contributed by atoms with Crippen molar-refractivity contribution in [3.05, 3.63) is 12.2 Å². The summed E-state index contributed by atoms with van der Waals surface area (Å²) in [6.45, 7) is 31.5. The van der Waals surface area contributed by atoms with Crippen LogP contribution in [0.4, 0.5) is 0 Å². The molecule has 0 aromatic heterocycles. The van der Waals surface area contributed by atoms with Gasteiger partial charge < -0.3 is 0 Å². The smallest absolute Gasteiger partial charge is 0.0297 e. The minimum atomic E-state index is 0.905. The number of allylic oxidation sites excluding steroid dienone is 1. The van der Waals surface area contributed by atoms with Gasteiger partial charge in [-0.2, -0.15) is 0 Å². The van der Waals surface area contributed by atoms with Crippen LogP contribution in [0.1, 0.15) is 167 Å². The first kappa shape index (κ1) is 42.0. The Balaban J connectivity index is -0.0000000613. The Morgan fingerprint density at radius 1 is 0.536 bits per heavy atom. The Morgan fingerprint density at radius 3 is 1.04 bits per heavy atom. The average Bonchev–Trinajstić information content (AvgIpc) is 2.73. The highest BCUT2D eigenvalue weighted by molar-refractivity contribution is 4.90. The molecule has 0 saturated carbocycles. The van der Waals surface area contributed by atoms with Crippen LogP contribution in [0.5, 0.6) is 0 Å². The van der Waals surface area contributed by atoms with E-state index in [2.05, 4.69) is 55.0 Å². The highest BCUT2D eigenvalue weighted by Crippen LogP contribution is 2.20. The molecule has 0 heteroatoms. The molecule has 0 aromatic carbocycles. The van der Waals surface area contributed by atoms with Crippen molar-refractivity contribution in [1.29, 1.82) is 0 Å². The Hall–Kier alpha value is -0.260. The van der Waals surface area contributed by atoms with Gasteiger partial charge in [-0.3, -0.25) is 0 Å². The van der Waals surface area contributed by atoms with Crippen molar-refractivity contribution < 1.29 is 0 Å². The van der Waals surface area contributed by atoms with Crippen molar-refractivity contribution >= 4 is 0 Å². The largest absolute Gasteiger partial charge is 0.100 e. The normalized spacial score (nSPS) is 8.21. The van der Waals surface area contributed by atoms with E-state index in [1.807, 2.05) is 41.5 Å². The molecule has 0 atom stereocenters. The van der Waals surface area contributed by atoms with Crippen LogP contribution in [-0.2, 0) is 0 Å². The van der Waals surface area contributed by atoms with Gasteiger partial charge in [-0.15, -0.1) is 6.58 Å². The molecule has 0 aliphatic carbocycles. The van der Waals surface area contributed by atoms with Crippen LogP contribution in [0.2, 0.25) is 0 Å². The van der Waals surface area contributed by atoms with Crippen LogP contribution in [-0.4, -0.2) is 0 Å². The second-order valence-electron chi connectivity index (χ2n) is 6.67. The van der Waals surface area contributed by atoms with Gasteiger partial charge in [0.1, 0.15) is 0 Å². The van der Waals surface area contributed by atoms with E-state index in [4.69, 9.17) is 0 Å². The van der Waals surface area contributed by atoms with Gasteiger partial charge in [0.25, 0.3) is 0 Å². The third kappa shape index (κ3) is 72.5. The zero-order chi connectivity index (χ0) is 23.6. The Labute approximate surface area is 185 Å². The van der Waals surface area contributed by atoms with Crippen LogP contribution < -0.4 is 0 Å². The number of rotatable bonds is 11. The monoisotopic (exact) mass is 403 g/mol. The van der Waals surface area contributed by atoms with Crippen molar-refractivity contribution in [3.8, 4) is 0 Å². The molecule has 0 unspecified atom stereocenters. The van der Waals surface area contributed by atoms with Gasteiger partial charge in [0.15, 0.2) is 0 Å². The molecule has 28 heavy (non-hydrogen) atoms. The fourth-order valence-electron chi connectivity index (χ4n) is 2.33. The second-order valence-corrected chi connectivity index (χ2v) is 6.67. The van der Waals surface area contributed by atoms with E-state index in [1.54, 1.807) is 0 Å². The second kappa shape index (κ2) is 56.3. The molecule has 0 rings (SSSR count). The van der Waals surface area contributed by atoms with Gasteiger partial charge >= 0.3 is 0 Å². The minimum absolute atomic E-state index is 0.905. The fraction of sp³-hybridized carbons (Fsp3) is 0.929. The summed E-state index contributed by atoms with van der Waals surface area (Å²) in [6, 6.07) is 0. The molecule has 0 heterocycles. The number of hydrogen-bond acceptors (Lipinski definition) is 0. The first-order valence-corrected chi connectivity index (χ1v) is 13.2. The SMILES string of the molecule is C=C(C)CC(CCC)CCC.CC.CC.CC.CCCC.CCCCCCC. The van der Waals surface area contributed by atoms with Gasteiger partial charge in [0.2, 0.25) is 0 Å². The van der Waals surface area contributed by atoms with Crippen LogP contribution in [0.15, 0.2) is 12.2 Å². The summed E-state index contributed by atoms with van der Waals surface area (Å²) in [4.78, 5) is 0. The molecule has 178 valence electrons. The molecule has 0 aliphatic rings. The molecule has 0 spiro atoms. The molecule has 0 radical (unpaired) electrons. The zero-order valence-electron chi connectivity index (χ0n) is 23.3. The summed E-state index contributed by atoms with van der Waals surface area (Å²) in [5, 5.41) is 0. The molecular formula is C28H66. The molecule has 0 N–H and O–H groups in total. The van der Waals surface area contributed by atoms with Crippen LogP contribution in [0.25, 0.3) is 0 Å². The molecule has 0 aromatic rings. The number of unbranched alkanes of at least 4 members (excludes halogenated alkanes) is 5. The van der Waals surface area contributed by atoms with Crippen LogP contribution in [0.3, 0.4) is 0 Å². The van der Waals surface area contributed by atoms with E-state index < -0.39 is 0 Å². The summed E-state index contributed by atoms with van der Waals surface area (Å²) < 4.78 is 0. The van der Waals surface area contributed by atoms with Crippen molar-refractivity contribution in [3.63, 3.8) is 0 Å². The molecule has 0 aliphatic heterocycles. The van der Waals surface area contributed by atoms with Crippen molar-refractivity contribution in [2.75, 3.05) is 0 Å². The number of hydrogen-bond donors (Lipinski definition) is 0. The maximum Gasteiger partial charge on any atom is -0.0297 e. The quantitative estimate of drug-likeness (QED) is 0.238. The summed E-state index contributed by atoms with van der Waals surface area (Å²) in [7, 11) is 0. The predicted octanol–water partition coefficient (Wildman–Crippen LogP) is 12.0. The summed E-state index contributed by atoms with van der Waals surface area (Å²) in [5.41, 5.74) is 1.34. The summed E-state index contributed by atoms with van der Waals surface area (Å²) >= 11 is 0. The average molecular weight is 403 g/mol. The van der Waals surface area contributed by atoms with E-state index in [-0.39, 0.29) is 0 Å². The molecule has 0 fully saturated rings. The topological polar surface area (TPSA) is 0 Å². The minimum Gasteiger partial charge on any atom is -0.100 e. The van der Waals surface area contributed by atoms with Crippen molar-refractivity contribution in [2.24, 2.45) is 5.92 Å². The maximum absolute atomic E-state index is 3.96. The van der Waals surface area contributed by atoms with Crippen molar-refractivity contribution in [2.45, 2.75) is 167 Å². The van der Waals surface area contributed by atoms with E-state index in [0.717, 1.165) is 5.92 Å². The Bertz CT molecular complexity index is 168. The van der Waals surface area contributed by atoms with Gasteiger partial charge in [0, 0.05) is 0 Å². The summed E-state index contributed by atoms with van der Waals surface area (Å²) in [6.07, 6.45) is 16.3. The van der Waals surface area contributed by atoms with E-state index >= 15 is 0 Å². The lowest BCUT2D eigenvalue weighted by Gasteiger charge is -2.14. The Kier molecular flexibility index (Phi) is 84.4. The van der Waals surface area contributed by atoms with E-state index in [9.17, 15) is 0 Å². The van der Waals surface area contributed by atoms with Crippen LogP contribution >= 0.6 is 0 Å². The standard InChI is InChI=1S/C11H22.C7H16.C4H10.3C2H6/c1-5-7-11(8-6-2)9-10(3)4;1-3-5-7-6-4-2;1-3-4-2;3*1-2/h11H,3,5-9H2,1-2,4H3;3-7H2,1-2H3;3-4H2,1-2H3;3*1-2H3. The highest BCUT2D eigenvalue weighted by Gasteiger charge is 2.05. The van der Waals surface area contributed by atoms with Gasteiger partial charge in [-0.25, -0.2) is 0 Å². The third-order valence-electron chi connectivity index (χ3n) is 3.74. The fourth-order valence-corrected chi connectivity index (χ4v) is 2.33. The first-order chi connectivity index (χ1) is 13.5. The van der Waals surface area contributed by atoms with Gasteiger partial charge in [-0.05, 0) is 19.3 Å². The van der Waals surface area contributed by atoms with E-state index in [1.165, 1.54) is 82.6 Å². The van der Waals surface area contributed by atoms with Crippen molar-refractivity contribution in [1.82, 2.24) is 0 Å². The molecular weight excluding hydrogens is 336 g/mol. The highest BCUT2D eigenvalue weighted by atomic mass is 14.1. The molecule has 0 saturated heterocycles. The third-order valence-corrected chi connectivity index (χ3v) is 3.74. The molecule has 0 amide bonds. The Morgan fingerprint density at radius 2 is 0.857 bits per heavy atom. The molecule has 0 bridgehead atoms. The van der Waals surface area contributed by atoms with Crippen LogP contribution in [0, 0.1) is 5.92 Å². The molecule has 0 nitrogen and oxygen atoms in total. The lowest BCUT2D eigenvalue weighted by molar-refractivity contribution is 0.437. The first-order valence-electron chi connectivity index (χ1n) is 13.2. The van der Waals surface area contributed by atoms with Gasteiger partial charge in [-0.1, -0.05) is 159 Å². The predicted molar refractivity (Wildman–Crippen MR) is 142 cm³/mol. The lowest BCUT2D eigenvalue weighted by Crippen LogP contribution is -1.99. The maximum atomic E-state index is 3.96.